The van der Waals surface area contributed by atoms with Crippen LogP contribution >= 0.6 is 0 Å². The van der Waals surface area contributed by atoms with Crippen molar-refractivity contribution < 1.29 is 70.2 Å². The molecule has 188 valence electrons. The first-order chi connectivity index (χ1) is 14.2. The maximum absolute atomic E-state index is 9.25. The minimum Gasteiger partial charge on any atom is -0.478 e. The molecule has 0 amide bonds. The minimum absolute atomic E-state index is 0.0625. The predicted molar refractivity (Wildman–Crippen MR) is 111 cm³/mol. The van der Waals surface area contributed by atoms with Crippen LogP contribution in [0.25, 0.3) is 0 Å². The second-order valence-corrected chi connectivity index (χ2v) is 4.43. The highest BCUT2D eigenvalue weighted by molar-refractivity contribution is 5.79. The van der Waals surface area contributed by atoms with Gasteiger partial charge in [-0.3, -0.25) is 0 Å². The van der Waals surface area contributed by atoms with Crippen molar-refractivity contribution in [1.82, 2.24) is 0 Å². The molecule has 0 saturated heterocycles. The third kappa shape index (κ3) is 155. The lowest BCUT2D eigenvalue weighted by Crippen LogP contribution is -2.24. The summed E-state index contributed by atoms with van der Waals surface area (Å²) in [4.78, 5) is 37.0. The van der Waals surface area contributed by atoms with Crippen LogP contribution in [-0.4, -0.2) is 86.9 Å². The molecule has 0 rings (SSSR count). The SMILES string of the molecule is C=CC(=O)O.C=CC(=O)O.C=CC(=O)O.C=CC(=O)O.CCC(O)(O)O.CCC(O)(O)O. The number of carboxylic acid groups (broad SMARTS) is 4. The summed E-state index contributed by atoms with van der Waals surface area (Å²) >= 11 is 0. The Hall–Kier alpha value is -3.40. The number of carboxylic acids is 4. The molecule has 0 aromatic heterocycles. The van der Waals surface area contributed by atoms with Crippen LogP contribution in [0.1, 0.15) is 26.7 Å². The molecule has 0 heterocycles. The van der Waals surface area contributed by atoms with E-state index in [2.05, 4.69) is 26.3 Å². The predicted octanol–water partition coefficient (Wildman–Crippen LogP) is -0.918. The molecule has 0 aliphatic carbocycles. The van der Waals surface area contributed by atoms with E-state index in [9.17, 15) is 19.2 Å². The van der Waals surface area contributed by atoms with Gasteiger partial charge in [0.2, 0.25) is 0 Å². The molecule has 0 bridgehead atoms. The molecule has 32 heavy (non-hydrogen) atoms. The minimum atomic E-state index is -2.46. The molecule has 0 saturated carbocycles. The van der Waals surface area contributed by atoms with Gasteiger partial charge in [-0.2, -0.15) is 0 Å². The van der Waals surface area contributed by atoms with Gasteiger partial charge in [-0.1, -0.05) is 40.2 Å². The van der Waals surface area contributed by atoms with E-state index in [-0.39, 0.29) is 12.8 Å². The van der Waals surface area contributed by atoms with E-state index in [1.54, 1.807) is 0 Å². The van der Waals surface area contributed by atoms with Crippen molar-refractivity contribution in [2.45, 2.75) is 38.6 Å². The summed E-state index contributed by atoms with van der Waals surface area (Å²) in [6.45, 7) is 14.8. The first-order valence-corrected chi connectivity index (χ1v) is 7.96. The number of carbonyl (C=O) groups is 4. The van der Waals surface area contributed by atoms with Gasteiger partial charge in [0.05, 0.1) is 0 Å². The smallest absolute Gasteiger partial charge is 0.327 e. The van der Waals surface area contributed by atoms with E-state index < -0.39 is 35.8 Å². The van der Waals surface area contributed by atoms with Crippen LogP contribution in [0.15, 0.2) is 50.6 Å². The zero-order chi connectivity index (χ0) is 27.6. The van der Waals surface area contributed by atoms with Crippen molar-refractivity contribution in [2.75, 3.05) is 0 Å². The third-order valence-electron chi connectivity index (χ3n) is 1.65. The van der Waals surface area contributed by atoms with Crippen molar-refractivity contribution in [2.24, 2.45) is 0 Å². The molecule has 0 aromatic rings. The van der Waals surface area contributed by atoms with Gasteiger partial charge in [-0.05, 0) is 0 Å². The van der Waals surface area contributed by atoms with Crippen molar-refractivity contribution in [1.29, 1.82) is 0 Å². The molecule has 0 spiro atoms. The van der Waals surface area contributed by atoms with Gasteiger partial charge in [-0.15, -0.1) is 0 Å². The Labute approximate surface area is 184 Å². The first kappa shape index (κ1) is 42.7. The van der Waals surface area contributed by atoms with E-state index >= 15 is 0 Å². The molecule has 0 radical (unpaired) electrons. The van der Waals surface area contributed by atoms with Gasteiger partial charge in [0.15, 0.2) is 0 Å². The summed E-state index contributed by atoms with van der Waals surface area (Å²) in [6.07, 6.45) is 3.21. The number of aliphatic carboxylic acids is 4. The van der Waals surface area contributed by atoms with E-state index in [1.165, 1.54) is 13.8 Å². The normalized spacial score (nSPS) is 8.50. The molecule has 0 unspecified atom stereocenters. The average molecular weight is 472 g/mol. The van der Waals surface area contributed by atoms with Crippen LogP contribution in [0, 0.1) is 0 Å². The standard InChI is InChI=1S/2C3H8O3.4C3H4O2/c2*1-2-3(4,5)6;4*1-2-3(4)5/h2*4-6H,2H2,1H3;4*2H,1H2,(H,4,5). The van der Waals surface area contributed by atoms with Gasteiger partial charge in [0.1, 0.15) is 0 Å². The van der Waals surface area contributed by atoms with Crippen LogP contribution in [-0.2, 0) is 19.2 Å². The van der Waals surface area contributed by atoms with E-state index in [1.807, 2.05) is 0 Å². The second-order valence-electron chi connectivity index (χ2n) is 4.43. The quantitative estimate of drug-likeness (QED) is 0.165. The van der Waals surface area contributed by atoms with Gasteiger partial charge in [-0.25, -0.2) is 19.2 Å². The van der Waals surface area contributed by atoms with Crippen LogP contribution in [0.2, 0.25) is 0 Å². The van der Waals surface area contributed by atoms with Crippen LogP contribution in [0.4, 0.5) is 0 Å². The van der Waals surface area contributed by atoms with Crippen molar-refractivity contribution >= 4 is 23.9 Å². The van der Waals surface area contributed by atoms with Gasteiger partial charge in [0.25, 0.3) is 11.9 Å². The van der Waals surface area contributed by atoms with Gasteiger partial charge >= 0.3 is 23.9 Å². The summed E-state index contributed by atoms with van der Waals surface area (Å²) in [5, 5.41) is 78.0. The fourth-order valence-corrected chi connectivity index (χ4v) is 0. The Morgan fingerprint density at radius 2 is 0.594 bits per heavy atom. The summed E-state index contributed by atoms with van der Waals surface area (Å²) in [5.74, 6) is -8.84. The Morgan fingerprint density at radius 1 is 0.531 bits per heavy atom. The number of hydrogen-bond donors (Lipinski definition) is 10. The number of hydrogen-bond acceptors (Lipinski definition) is 10. The highest BCUT2D eigenvalue weighted by Crippen LogP contribution is 1.95. The largest absolute Gasteiger partial charge is 0.478 e. The van der Waals surface area contributed by atoms with Gasteiger partial charge < -0.3 is 51.1 Å². The van der Waals surface area contributed by atoms with Gasteiger partial charge in [0, 0.05) is 37.1 Å². The fourth-order valence-electron chi connectivity index (χ4n) is 0. The molecule has 0 aromatic carbocycles. The number of aliphatic hydroxyl groups is 6. The fraction of sp³-hybridized carbons (Fsp3) is 0.333. The van der Waals surface area contributed by atoms with E-state index in [0.29, 0.717) is 0 Å². The lowest BCUT2D eigenvalue weighted by atomic mass is 10.4. The highest BCUT2D eigenvalue weighted by Gasteiger charge is 2.12. The topological polar surface area (TPSA) is 271 Å². The van der Waals surface area contributed by atoms with Crippen molar-refractivity contribution in [3.63, 3.8) is 0 Å². The van der Waals surface area contributed by atoms with Crippen LogP contribution < -0.4 is 0 Å². The molecular formula is C18H32O14. The molecule has 0 atom stereocenters. The average Bonchev–Trinajstić information content (AvgIpc) is 2.68. The summed E-state index contributed by atoms with van der Waals surface area (Å²) in [7, 11) is 0. The molecule has 14 heteroatoms. The van der Waals surface area contributed by atoms with E-state index in [0.717, 1.165) is 24.3 Å². The molecule has 14 nitrogen and oxygen atoms in total. The maximum atomic E-state index is 9.25. The Morgan fingerprint density at radius 3 is 0.594 bits per heavy atom. The Kier molecular flexibility index (Phi) is 36.8. The molecule has 10 N–H and O–H groups in total. The third-order valence-corrected chi connectivity index (χ3v) is 1.65. The van der Waals surface area contributed by atoms with Crippen LogP contribution in [0.3, 0.4) is 0 Å². The van der Waals surface area contributed by atoms with Crippen LogP contribution in [0.5, 0.6) is 0 Å². The zero-order valence-electron chi connectivity index (χ0n) is 17.7. The number of rotatable bonds is 6. The molecule has 0 aliphatic heterocycles. The van der Waals surface area contributed by atoms with Crippen molar-refractivity contribution in [3.05, 3.63) is 50.6 Å². The highest BCUT2D eigenvalue weighted by atomic mass is 16.7. The second kappa shape index (κ2) is 27.6. The first-order valence-electron chi connectivity index (χ1n) is 7.96. The summed E-state index contributed by atoms with van der Waals surface area (Å²) in [6, 6.07) is 0. The Balaban J connectivity index is -0.0000000635. The lowest BCUT2D eigenvalue weighted by molar-refractivity contribution is -0.313. The van der Waals surface area contributed by atoms with E-state index in [4.69, 9.17) is 51.1 Å². The molecule has 0 fully saturated rings. The lowest BCUT2D eigenvalue weighted by Gasteiger charge is -2.08. The summed E-state index contributed by atoms with van der Waals surface area (Å²) in [5.41, 5.74) is 0. The maximum Gasteiger partial charge on any atom is 0.327 e. The molecular weight excluding hydrogens is 440 g/mol. The Bertz CT molecular complexity index is 467. The monoisotopic (exact) mass is 472 g/mol. The van der Waals surface area contributed by atoms with Crippen molar-refractivity contribution in [3.8, 4) is 0 Å². The summed E-state index contributed by atoms with van der Waals surface area (Å²) < 4.78 is 0. The zero-order valence-corrected chi connectivity index (χ0v) is 17.7. The molecule has 0 aliphatic rings.